The van der Waals surface area contributed by atoms with Gasteiger partial charge in [-0.15, -0.1) is 0 Å². The van der Waals surface area contributed by atoms with E-state index in [1.807, 2.05) is 18.5 Å². The van der Waals surface area contributed by atoms with Gasteiger partial charge in [0.2, 0.25) is 0 Å². The van der Waals surface area contributed by atoms with Gasteiger partial charge < -0.3 is 15.1 Å². The van der Waals surface area contributed by atoms with Crippen molar-refractivity contribution in [1.29, 1.82) is 0 Å². The van der Waals surface area contributed by atoms with Crippen molar-refractivity contribution in [3.8, 4) is 0 Å². The summed E-state index contributed by atoms with van der Waals surface area (Å²) in [6, 6.07) is 6.21. The Balaban J connectivity index is 1.55. The molecule has 0 aliphatic carbocycles. The first-order valence-electron chi connectivity index (χ1n) is 9.02. The molecule has 0 radical (unpaired) electrons. The lowest BCUT2D eigenvalue weighted by atomic mass is 10.1. The molecule has 0 bridgehead atoms. The Bertz CT molecular complexity index is 902. The fraction of sp³-hybridized carbons (Fsp3) is 0.350. The van der Waals surface area contributed by atoms with Crippen LogP contribution in [0, 0.1) is 6.92 Å². The summed E-state index contributed by atoms with van der Waals surface area (Å²) in [4.78, 5) is 18.0. The summed E-state index contributed by atoms with van der Waals surface area (Å²) >= 11 is 0. The maximum absolute atomic E-state index is 4.39. The number of aryl methyl sites for hydroxylation is 1. The smallest absolute Gasteiger partial charge is 0.0890 e. The highest BCUT2D eigenvalue weighted by Gasteiger charge is 2.19. The van der Waals surface area contributed by atoms with E-state index in [9.17, 15) is 0 Å². The van der Waals surface area contributed by atoms with Crippen molar-refractivity contribution < 1.29 is 0 Å². The normalized spacial score (nSPS) is 15.4. The van der Waals surface area contributed by atoms with Crippen LogP contribution < -0.4 is 10.2 Å². The number of fused-ring (bicyclic) bond motifs is 1. The number of hydrogen-bond donors (Lipinski definition) is 1. The van der Waals surface area contributed by atoms with Crippen LogP contribution in [0.1, 0.15) is 11.1 Å². The second-order valence-corrected chi connectivity index (χ2v) is 6.88. The first-order chi connectivity index (χ1) is 12.7. The number of benzene rings is 1. The molecule has 1 aromatic carbocycles. The molecule has 3 heterocycles. The number of rotatable bonds is 4. The van der Waals surface area contributed by atoms with Crippen molar-refractivity contribution in [3.05, 3.63) is 54.1 Å². The predicted octanol–water partition coefficient (Wildman–Crippen LogP) is 2.70. The molecule has 3 aromatic rings. The number of aromatic nitrogens is 3. The molecule has 0 saturated carbocycles. The quantitative estimate of drug-likeness (QED) is 0.782. The molecule has 0 amide bonds. The molecule has 0 atom stereocenters. The summed E-state index contributed by atoms with van der Waals surface area (Å²) in [7, 11) is 2.18. The molecule has 1 aliphatic rings. The van der Waals surface area contributed by atoms with E-state index >= 15 is 0 Å². The Morgan fingerprint density at radius 2 is 1.77 bits per heavy atom. The van der Waals surface area contributed by atoms with Gasteiger partial charge in [-0.1, -0.05) is 6.07 Å². The third-order valence-corrected chi connectivity index (χ3v) is 4.94. The highest BCUT2D eigenvalue weighted by Crippen LogP contribution is 2.30. The second kappa shape index (κ2) is 7.25. The van der Waals surface area contributed by atoms with Crippen LogP contribution in [0.15, 0.2) is 43.0 Å². The van der Waals surface area contributed by atoms with Crippen molar-refractivity contribution in [2.75, 3.05) is 43.4 Å². The molecule has 6 heteroatoms. The van der Waals surface area contributed by atoms with Gasteiger partial charge in [-0.2, -0.15) is 0 Å². The van der Waals surface area contributed by atoms with Gasteiger partial charge in [-0.25, -0.2) is 0 Å². The van der Waals surface area contributed by atoms with Crippen molar-refractivity contribution in [3.63, 3.8) is 0 Å². The minimum absolute atomic E-state index is 0.735. The third-order valence-electron chi connectivity index (χ3n) is 4.94. The summed E-state index contributed by atoms with van der Waals surface area (Å²) in [6.45, 7) is 7.13. The molecular formula is C20H24N6. The summed E-state index contributed by atoms with van der Waals surface area (Å²) in [5.74, 6) is 0. The van der Waals surface area contributed by atoms with E-state index in [-0.39, 0.29) is 0 Å². The van der Waals surface area contributed by atoms with Crippen molar-refractivity contribution in [2.45, 2.75) is 13.5 Å². The minimum Gasteiger partial charge on any atom is -0.378 e. The van der Waals surface area contributed by atoms with Crippen LogP contribution >= 0.6 is 0 Å². The zero-order valence-electron chi connectivity index (χ0n) is 15.3. The van der Waals surface area contributed by atoms with Crippen LogP contribution in [-0.2, 0) is 6.54 Å². The maximum atomic E-state index is 4.39. The van der Waals surface area contributed by atoms with Gasteiger partial charge >= 0.3 is 0 Å². The standard InChI is InChI=1S/C20H24N6/c1-15-12-21-14-19(20(15)26-9-7-25(2)8-10-26)24-13-16-3-4-17-18(11-16)23-6-5-22-17/h3-6,11-12,14,24H,7-10,13H2,1-2H3. The number of nitrogens with zero attached hydrogens (tertiary/aromatic N) is 5. The topological polar surface area (TPSA) is 57.2 Å². The van der Waals surface area contributed by atoms with E-state index in [0.29, 0.717) is 0 Å². The van der Waals surface area contributed by atoms with Gasteiger partial charge in [0.1, 0.15) is 0 Å². The molecule has 1 N–H and O–H groups in total. The highest BCUT2D eigenvalue weighted by molar-refractivity contribution is 5.75. The van der Waals surface area contributed by atoms with Gasteiger partial charge in [0.15, 0.2) is 0 Å². The molecule has 0 unspecified atom stereocenters. The third kappa shape index (κ3) is 3.46. The van der Waals surface area contributed by atoms with E-state index in [2.05, 4.69) is 56.2 Å². The molecule has 4 rings (SSSR count). The van der Waals surface area contributed by atoms with Crippen LogP contribution in [0.2, 0.25) is 0 Å². The molecular weight excluding hydrogens is 324 g/mol. The lowest BCUT2D eigenvalue weighted by Gasteiger charge is -2.36. The van der Waals surface area contributed by atoms with Crippen LogP contribution in [0.4, 0.5) is 11.4 Å². The van der Waals surface area contributed by atoms with Gasteiger partial charge in [-0.3, -0.25) is 15.0 Å². The van der Waals surface area contributed by atoms with Gasteiger partial charge in [0.25, 0.3) is 0 Å². The Morgan fingerprint density at radius 3 is 2.58 bits per heavy atom. The zero-order valence-corrected chi connectivity index (χ0v) is 15.3. The molecule has 1 saturated heterocycles. The molecule has 6 nitrogen and oxygen atoms in total. The van der Waals surface area contributed by atoms with Crippen molar-refractivity contribution >= 4 is 22.4 Å². The van der Waals surface area contributed by atoms with Gasteiger partial charge in [0, 0.05) is 51.3 Å². The average Bonchev–Trinajstić information content (AvgIpc) is 2.67. The number of nitrogens with one attached hydrogen (secondary N) is 1. The number of pyridine rings is 1. The number of piperazine rings is 1. The number of anilines is 2. The largest absolute Gasteiger partial charge is 0.378 e. The van der Waals surface area contributed by atoms with Crippen molar-refractivity contribution in [2.24, 2.45) is 0 Å². The Labute approximate surface area is 153 Å². The van der Waals surface area contributed by atoms with Crippen molar-refractivity contribution in [1.82, 2.24) is 19.9 Å². The zero-order chi connectivity index (χ0) is 17.9. The number of likely N-dealkylation sites (N-methyl/N-ethyl adjacent to an activating group) is 1. The fourth-order valence-corrected chi connectivity index (χ4v) is 3.45. The molecule has 134 valence electrons. The van der Waals surface area contributed by atoms with Gasteiger partial charge in [0.05, 0.1) is 28.6 Å². The predicted molar refractivity (Wildman–Crippen MR) is 106 cm³/mol. The van der Waals surface area contributed by atoms with E-state index in [4.69, 9.17) is 0 Å². The second-order valence-electron chi connectivity index (χ2n) is 6.88. The molecule has 1 fully saturated rings. The summed E-state index contributed by atoms with van der Waals surface area (Å²) in [6.07, 6.45) is 7.34. The highest BCUT2D eigenvalue weighted by atomic mass is 15.3. The molecule has 0 spiro atoms. The SMILES string of the molecule is Cc1cncc(NCc2ccc3nccnc3c2)c1N1CCN(C)CC1. The van der Waals surface area contributed by atoms with Crippen LogP contribution in [0.25, 0.3) is 11.0 Å². The van der Waals surface area contributed by atoms with Crippen LogP contribution in [-0.4, -0.2) is 53.1 Å². The maximum Gasteiger partial charge on any atom is 0.0890 e. The monoisotopic (exact) mass is 348 g/mol. The van der Waals surface area contributed by atoms with E-state index in [0.717, 1.165) is 49.4 Å². The molecule has 2 aromatic heterocycles. The fourth-order valence-electron chi connectivity index (χ4n) is 3.45. The van der Waals surface area contributed by atoms with E-state index < -0.39 is 0 Å². The van der Waals surface area contributed by atoms with E-state index in [1.165, 1.54) is 16.8 Å². The summed E-state index contributed by atoms with van der Waals surface area (Å²) < 4.78 is 0. The van der Waals surface area contributed by atoms with E-state index in [1.54, 1.807) is 12.4 Å². The summed E-state index contributed by atoms with van der Waals surface area (Å²) in [5, 5.41) is 3.58. The lowest BCUT2D eigenvalue weighted by Crippen LogP contribution is -2.45. The summed E-state index contributed by atoms with van der Waals surface area (Å²) in [5.41, 5.74) is 6.61. The lowest BCUT2D eigenvalue weighted by molar-refractivity contribution is 0.313. The van der Waals surface area contributed by atoms with Crippen LogP contribution in [0.5, 0.6) is 0 Å². The Hall–Kier alpha value is -2.73. The first kappa shape index (κ1) is 16.7. The van der Waals surface area contributed by atoms with Gasteiger partial charge in [-0.05, 0) is 37.2 Å². The Kier molecular flexibility index (Phi) is 4.67. The minimum atomic E-state index is 0.735. The Morgan fingerprint density at radius 1 is 1.00 bits per heavy atom. The number of hydrogen-bond acceptors (Lipinski definition) is 6. The average molecular weight is 348 g/mol. The molecule has 26 heavy (non-hydrogen) atoms. The molecule has 1 aliphatic heterocycles. The van der Waals surface area contributed by atoms with Crippen LogP contribution in [0.3, 0.4) is 0 Å². The first-order valence-corrected chi connectivity index (χ1v) is 9.02.